The average Bonchev–Trinajstić information content (AvgIpc) is 2.89. The summed E-state index contributed by atoms with van der Waals surface area (Å²) in [5, 5.41) is 3.87. The van der Waals surface area contributed by atoms with Gasteiger partial charge in [0.2, 0.25) is 21.7 Å². The molecule has 0 radical (unpaired) electrons. The smallest absolute Gasteiger partial charge is 0.240 e. The van der Waals surface area contributed by atoms with Gasteiger partial charge in [0.25, 0.3) is 0 Å². The lowest BCUT2D eigenvalue weighted by atomic mass is 10.3. The quantitative estimate of drug-likeness (QED) is 0.741. The monoisotopic (exact) mass is 384 g/mol. The standard InChI is InChI=1S/C16H21FN4O4S/c1-26(22,23)21-8-2-7-20(9-10-21)11-16-18-15(19-25-16)12-24-14-5-3-13(17)4-6-14/h3-6H,2,7-12H2,1H3. The van der Waals surface area contributed by atoms with Crippen molar-refractivity contribution >= 4 is 10.0 Å². The first-order valence-electron chi connectivity index (χ1n) is 8.27. The topological polar surface area (TPSA) is 88.8 Å². The summed E-state index contributed by atoms with van der Waals surface area (Å²) < 4.78 is 48.4. The fourth-order valence-corrected chi connectivity index (χ4v) is 3.59. The van der Waals surface area contributed by atoms with Crippen molar-refractivity contribution in [3.8, 4) is 5.75 Å². The SMILES string of the molecule is CS(=O)(=O)N1CCCN(Cc2nc(COc3ccc(F)cc3)no2)CC1. The molecule has 1 saturated heterocycles. The van der Waals surface area contributed by atoms with Crippen LogP contribution in [0.3, 0.4) is 0 Å². The molecule has 0 aliphatic carbocycles. The molecule has 0 bridgehead atoms. The molecule has 8 nitrogen and oxygen atoms in total. The summed E-state index contributed by atoms with van der Waals surface area (Å²) in [5.74, 6) is 1.05. The molecule has 0 atom stereocenters. The van der Waals surface area contributed by atoms with Crippen molar-refractivity contribution in [1.82, 2.24) is 19.3 Å². The van der Waals surface area contributed by atoms with Crippen LogP contribution in [0.5, 0.6) is 5.75 Å². The molecule has 1 aliphatic rings. The van der Waals surface area contributed by atoms with E-state index in [2.05, 4.69) is 15.0 Å². The van der Waals surface area contributed by atoms with Gasteiger partial charge >= 0.3 is 0 Å². The molecule has 0 amide bonds. The van der Waals surface area contributed by atoms with Gasteiger partial charge in [0.1, 0.15) is 11.6 Å². The zero-order valence-corrected chi connectivity index (χ0v) is 15.3. The lowest BCUT2D eigenvalue weighted by Crippen LogP contribution is -2.34. The molecule has 0 spiro atoms. The Kier molecular flexibility index (Phi) is 5.84. The third-order valence-corrected chi connectivity index (χ3v) is 5.37. The predicted molar refractivity (Wildman–Crippen MR) is 91.3 cm³/mol. The van der Waals surface area contributed by atoms with E-state index in [0.29, 0.717) is 43.6 Å². The molecule has 3 rings (SSSR count). The summed E-state index contributed by atoms with van der Waals surface area (Å²) in [5.41, 5.74) is 0. The van der Waals surface area contributed by atoms with E-state index in [-0.39, 0.29) is 12.4 Å². The van der Waals surface area contributed by atoms with Crippen molar-refractivity contribution in [3.63, 3.8) is 0 Å². The Bertz CT molecular complexity index is 825. The van der Waals surface area contributed by atoms with Crippen LogP contribution in [0.15, 0.2) is 28.8 Å². The third-order valence-electron chi connectivity index (χ3n) is 4.07. The fraction of sp³-hybridized carbons (Fsp3) is 0.500. The van der Waals surface area contributed by atoms with Crippen LogP contribution in [0.25, 0.3) is 0 Å². The van der Waals surface area contributed by atoms with Gasteiger partial charge in [-0.1, -0.05) is 5.16 Å². The molecular formula is C16H21FN4O4S. The van der Waals surface area contributed by atoms with E-state index < -0.39 is 10.0 Å². The molecule has 0 unspecified atom stereocenters. The summed E-state index contributed by atoms with van der Waals surface area (Å²) >= 11 is 0. The van der Waals surface area contributed by atoms with Gasteiger partial charge in [0.15, 0.2) is 6.61 Å². The second kappa shape index (κ2) is 8.11. The number of benzene rings is 1. The number of rotatable bonds is 6. The minimum Gasteiger partial charge on any atom is -0.485 e. The third kappa shape index (κ3) is 5.23. The maximum Gasteiger partial charge on any atom is 0.240 e. The number of ether oxygens (including phenoxy) is 1. The Balaban J connectivity index is 1.51. The Morgan fingerprint density at radius 2 is 1.96 bits per heavy atom. The summed E-state index contributed by atoms with van der Waals surface area (Å²) in [6.45, 7) is 2.92. The summed E-state index contributed by atoms with van der Waals surface area (Å²) in [4.78, 5) is 6.37. The van der Waals surface area contributed by atoms with Gasteiger partial charge in [-0.05, 0) is 37.2 Å². The van der Waals surface area contributed by atoms with Gasteiger partial charge in [0, 0.05) is 19.6 Å². The number of halogens is 1. The largest absolute Gasteiger partial charge is 0.485 e. The van der Waals surface area contributed by atoms with Gasteiger partial charge in [-0.25, -0.2) is 17.1 Å². The molecule has 26 heavy (non-hydrogen) atoms. The first kappa shape index (κ1) is 18.7. The zero-order valence-electron chi connectivity index (χ0n) is 14.5. The van der Waals surface area contributed by atoms with E-state index in [1.54, 1.807) is 0 Å². The van der Waals surface area contributed by atoms with Crippen LogP contribution in [0, 0.1) is 5.82 Å². The molecular weight excluding hydrogens is 363 g/mol. The molecule has 2 aromatic rings. The van der Waals surface area contributed by atoms with Gasteiger partial charge < -0.3 is 9.26 Å². The molecule has 2 heterocycles. The molecule has 1 aliphatic heterocycles. The Hall–Kier alpha value is -2.04. The lowest BCUT2D eigenvalue weighted by molar-refractivity contribution is 0.234. The molecule has 0 saturated carbocycles. The van der Waals surface area contributed by atoms with E-state index in [9.17, 15) is 12.8 Å². The van der Waals surface area contributed by atoms with Crippen LogP contribution < -0.4 is 4.74 Å². The summed E-state index contributed by atoms with van der Waals surface area (Å²) in [7, 11) is -3.16. The first-order chi connectivity index (χ1) is 12.4. The van der Waals surface area contributed by atoms with Crippen LogP contribution in [-0.2, 0) is 23.2 Å². The lowest BCUT2D eigenvalue weighted by Gasteiger charge is -2.18. The van der Waals surface area contributed by atoms with E-state index in [0.717, 1.165) is 13.0 Å². The highest BCUT2D eigenvalue weighted by atomic mass is 32.2. The maximum atomic E-state index is 12.9. The molecule has 0 N–H and O–H groups in total. The van der Waals surface area contributed by atoms with Crippen molar-refractivity contribution in [1.29, 1.82) is 0 Å². The molecule has 1 aromatic carbocycles. The predicted octanol–water partition coefficient (Wildman–Crippen LogP) is 1.25. The highest BCUT2D eigenvalue weighted by Gasteiger charge is 2.22. The van der Waals surface area contributed by atoms with Crippen LogP contribution >= 0.6 is 0 Å². The second-order valence-electron chi connectivity index (χ2n) is 6.14. The highest BCUT2D eigenvalue weighted by Crippen LogP contribution is 2.14. The van der Waals surface area contributed by atoms with Crippen molar-refractivity contribution < 1.29 is 22.1 Å². The van der Waals surface area contributed by atoms with Crippen LogP contribution in [-0.4, -0.2) is 60.2 Å². The average molecular weight is 384 g/mol. The van der Waals surface area contributed by atoms with Crippen molar-refractivity contribution in [2.24, 2.45) is 0 Å². The Morgan fingerprint density at radius 3 is 2.69 bits per heavy atom. The first-order valence-corrected chi connectivity index (χ1v) is 10.1. The number of hydrogen-bond acceptors (Lipinski definition) is 7. The molecule has 142 valence electrons. The van der Waals surface area contributed by atoms with Crippen molar-refractivity contribution in [3.05, 3.63) is 41.8 Å². The van der Waals surface area contributed by atoms with E-state index in [1.807, 2.05) is 0 Å². The normalized spacial score (nSPS) is 17.2. The number of hydrogen-bond donors (Lipinski definition) is 0. The molecule has 10 heteroatoms. The summed E-state index contributed by atoms with van der Waals surface area (Å²) in [6.07, 6.45) is 1.98. The maximum absolute atomic E-state index is 12.9. The fourth-order valence-electron chi connectivity index (χ4n) is 2.72. The van der Waals surface area contributed by atoms with Crippen LogP contribution in [0.1, 0.15) is 18.1 Å². The number of sulfonamides is 1. The van der Waals surface area contributed by atoms with E-state index in [4.69, 9.17) is 9.26 Å². The van der Waals surface area contributed by atoms with Gasteiger partial charge in [0.05, 0.1) is 12.8 Å². The summed E-state index contributed by atoms with van der Waals surface area (Å²) in [6, 6.07) is 5.69. The second-order valence-corrected chi connectivity index (χ2v) is 8.12. The Morgan fingerprint density at radius 1 is 1.19 bits per heavy atom. The van der Waals surface area contributed by atoms with E-state index >= 15 is 0 Å². The highest BCUT2D eigenvalue weighted by molar-refractivity contribution is 7.88. The van der Waals surface area contributed by atoms with E-state index in [1.165, 1.54) is 34.8 Å². The van der Waals surface area contributed by atoms with Crippen LogP contribution in [0.2, 0.25) is 0 Å². The minimum atomic E-state index is -3.16. The minimum absolute atomic E-state index is 0.122. The molecule has 1 aromatic heterocycles. The zero-order chi connectivity index (χ0) is 18.6. The van der Waals surface area contributed by atoms with Gasteiger partial charge in [-0.2, -0.15) is 4.98 Å². The van der Waals surface area contributed by atoms with Crippen molar-refractivity contribution in [2.45, 2.75) is 19.6 Å². The van der Waals surface area contributed by atoms with Gasteiger partial charge in [-0.3, -0.25) is 4.90 Å². The Labute approximate surface area is 151 Å². The molecule has 1 fully saturated rings. The number of nitrogens with zero attached hydrogens (tertiary/aromatic N) is 4. The van der Waals surface area contributed by atoms with Gasteiger partial charge in [-0.15, -0.1) is 0 Å². The van der Waals surface area contributed by atoms with Crippen LogP contribution in [0.4, 0.5) is 4.39 Å². The van der Waals surface area contributed by atoms with Crippen molar-refractivity contribution in [2.75, 3.05) is 32.4 Å². The number of aromatic nitrogens is 2.